The van der Waals surface area contributed by atoms with Crippen molar-refractivity contribution in [1.29, 1.82) is 0 Å². The second kappa shape index (κ2) is 7.08. The zero-order chi connectivity index (χ0) is 16.3. The Morgan fingerprint density at radius 3 is 2.27 bits per heavy atom. The minimum absolute atomic E-state index is 0.0364. The number of aliphatic hydroxyl groups is 2. The van der Waals surface area contributed by atoms with Crippen LogP contribution < -0.4 is 0 Å². The highest BCUT2D eigenvalue weighted by Gasteiger charge is 2.40. The van der Waals surface area contributed by atoms with Crippen LogP contribution in [0, 0.1) is 11.8 Å². The topological polar surface area (TPSA) is 83.8 Å². The third-order valence-electron chi connectivity index (χ3n) is 4.55. The molecule has 0 radical (unpaired) electrons. The van der Waals surface area contributed by atoms with Gasteiger partial charge in [0.25, 0.3) is 0 Å². The number of ether oxygens (including phenoxy) is 1. The van der Waals surface area contributed by atoms with E-state index in [9.17, 15) is 18.6 Å². The fourth-order valence-corrected chi connectivity index (χ4v) is 4.30. The second-order valence-corrected chi connectivity index (χ2v) is 8.13. The summed E-state index contributed by atoms with van der Waals surface area (Å²) in [5, 5.41) is 19.6. The highest BCUT2D eigenvalue weighted by molar-refractivity contribution is 7.91. The average Bonchev–Trinajstić information content (AvgIpc) is 2.53. The molecule has 1 fully saturated rings. The minimum Gasteiger partial charge on any atom is -0.394 e. The Kier molecular flexibility index (Phi) is 5.60. The molecule has 22 heavy (non-hydrogen) atoms. The number of benzene rings is 1. The second-order valence-electron chi connectivity index (χ2n) is 6.02. The van der Waals surface area contributed by atoms with Crippen LogP contribution in [0.25, 0.3) is 0 Å². The summed E-state index contributed by atoms with van der Waals surface area (Å²) in [7, 11) is -3.36. The van der Waals surface area contributed by atoms with Crippen molar-refractivity contribution in [2.75, 3.05) is 12.4 Å². The van der Waals surface area contributed by atoms with Crippen LogP contribution in [-0.4, -0.2) is 49.3 Å². The maximum Gasteiger partial charge on any atom is 0.178 e. The van der Waals surface area contributed by atoms with Gasteiger partial charge in [-0.1, -0.05) is 32.0 Å². The van der Waals surface area contributed by atoms with Crippen LogP contribution in [0.2, 0.25) is 0 Å². The molecule has 6 heteroatoms. The van der Waals surface area contributed by atoms with Gasteiger partial charge < -0.3 is 14.9 Å². The lowest BCUT2D eigenvalue weighted by molar-refractivity contribution is -0.174. The largest absolute Gasteiger partial charge is 0.394 e. The van der Waals surface area contributed by atoms with E-state index in [1.165, 1.54) is 0 Å². The summed E-state index contributed by atoms with van der Waals surface area (Å²) in [6.07, 6.45) is -1.12. The summed E-state index contributed by atoms with van der Waals surface area (Å²) in [6, 6.07) is 8.32. The fourth-order valence-electron chi connectivity index (χ4n) is 2.95. The summed E-state index contributed by atoms with van der Waals surface area (Å²) in [5.74, 6) is -0.364. The minimum atomic E-state index is -3.36. The molecule has 1 aliphatic heterocycles. The van der Waals surface area contributed by atoms with Crippen molar-refractivity contribution in [1.82, 2.24) is 0 Å². The van der Waals surface area contributed by atoms with Gasteiger partial charge in [-0.2, -0.15) is 0 Å². The molecule has 1 heterocycles. The smallest absolute Gasteiger partial charge is 0.178 e. The molecule has 5 atom stereocenters. The molecule has 0 aliphatic carbocycles. The number of sulfone groups is 1. The summed E-state index contributed by atoms with van der Waals surface area (Å²) < 4.78 is 30.4. The van der Waals surface area contributed by atoms with Crippen LogP contribution in [0.4, 0.5) is 0 Å². The van der Waals surface area contributed by atoms with Gasteiger partial charge in [0.05, 0.1) is 35.6 Å². The summed E-state index contributed by atoms with van der Waals surface area (Å²) >= 11 is 0. The first kappa shape index (κ1) is 17.4. The first-order valence-electron chi connectivity index (χ1n) is 7.59. The first-order valence-corrected chi connectivity index (χ1v) is 9.24. The lowest BCUT2D eigenvalue weighted by Crippen LogP contribution is -2.50. The molecular formula is C16H24O5S. The van der Waals surface area contributed by atoms with Crippen LogP contribution in [0.3, 0.4) is 0 Å². The monoisotopic (exact) mass is 328 g/mol. The van der Waals surface area contributed by atoms with Crippen LogP contribution in [0.15, 0.2) is 35.2 Å². The number of hydrogen-bond donors (Lipinski definition) is 2. The highest BCUT2D eigenvalue weighted by atomic mass is 32.2. The van der Waals surface area contributed by atoms with Crippen molar-refractivity contribution >= 4 is 9.84 Å². The lowest BCUT2D eigenvalue weighted by atomic mass is 9.82. The highest BCUT2D eigenvalue weighted by Crippen LogP contribution is 2.32. The average molecular weight is 328 g/mol. The van der Waals surface area contributed by atoms with Crippen LogP contribution in [0.1, 0.15) is 20.3 Å². The zero-order valence-electron chi connectivity index (χ0n) is 12.9. The van der Waals surface area contributed by atoms with Gasteiger partial charge >= 0.3 is 0 Å². The SMILES string of the molecule is C[C@@H]1[C@H](O)[C@H](C)[C@H](CCS(=O)(=O)c2ccccc2)O[C@@H]1CO. The van der Waals surface area contributed by atoms with E-state index in [2.05, 4.69) is 0 Å². The molecule has 0 spiro atoms. The lowest BCUT2D eigenvalue weighted by Gasteiger charge is -2.42. The molecule has 5 nitrogen and oxygen atoms in total. The van der Waals surface area contributed by atoms with E-state index >= 15 is 0 Å². The summed E-state index contributed by atoms with van der Waals surface area (Å²) in [6.45, 7) is 3.51. The van der Waals surface area contributed by atoms with Gasteiger partial charge in [0, 0.05) is 11.8 Å². The van der Waals surface area contributed by atoms with Crippen molar-refractivity contribution in [3.05, 3.63) is 30.3 Å². The van der Waals surface area contributed by atoms with Gasteiger partial charge in [-0.15, -0.1) is 0 Å². The van der Waals surface area contributed by atoms with Gasteiger partial charge in [-0.05, 0) is 18.6 Å². The molecule has 2 N–H and O–H groups in total. The van der Waals surface area contributed by atoms with E-state index in [-0.39, 0.29) is 30.3 Å². The number of aliphatic hydroxyl groups excluding tert-OH is 2. The van der Waals surface area contributed by atoms with Crippen molar-refractivity contribution in [2.24, 2.45) is 11.8 Å². The predicted octanol–water partition coefficient (Wildman–Crippen LogP) is 1.24. The van der Waals surface area contributed by atoms with Crippen LogP contribution >= 0.6 is 0 Å². The Morgan fingerprint density at radius 2 is 1.68 bits per heavy atom. The maximum absolute atomic E-state index is 12.3. The van der Waals surface area contributed by atoms with E-state index in [1.54, 1.807) is 30.3 Å². The molecule has 0 aromatic heterocycles. The molecule has 0 unspecified atom stereocenters. The van der Waals surface area contributed by atoms with Crippen molar-refractivity contribution in [2.45, 2.75) is 43.5 Å². The van der Waals surface area contributed by atoms with Gasteiger partial charge in [0.1, 0.15) is 0 Å². The number of rotatable bonds is 5. The van der Waals surface area contributed by atoms with Gasteiger partial charge in [0.2, 0.25) is 0 Å². The predicted molar refractivity (Wildman–Crippen MR) is 83.2 cm³/mol. The van der Waals surface area contributed by atoms with Gasteiger partial charge in [0.15, 0.2) is 9.84 Å². The third kappa shape index (κ3) is 3.68. The Hall–Kier alpha value is -0.950. The van der Waals surface area contributed by atoms with Crippen molar-refractivity contribution < 1.29 is 23.4 Å². The molecule has 1 aliphatic rings. The normalized spacial score (nSPS) is 32.8. The third-order valence-corrected chi connectivity index (χ3v) is 6.32. The van der Waals surface area contributed by atoms with E-state index in [4.69, 9.17) is 4.74 Å². The molecule has 1 aromatic rings. The molecule has 1 saturated heterocycles. The molecule has 0 saturated carbocycles. The molecule has 0 amide bonds. The maximum atomic E-state index is 12.3. The van der Waals surface area contributed by atoms with Gasteiger partial charge in [-0.25, -0.2) is 8.42 Å². The standard InChI is InChI=1S/C16H24O5S/c1-11-14(21-15(10-17)12(2)16(11)18)8-9-22(19,20)13-6-4-3-5-7-13/h3-7,11-12,14-18H,8-10H2,1-2H3/t11-,12+,14+,15-,16-/m1/s1. The van der Waals surface area contributed by atoms with Crippen LogP contribution in [-0.2, 0) is 14.6 Å². The van der Waals surface area contributed by atoms with E-state index in [0.29, 0.717) is 11.3 Å². The van der Waals surface area contributed by atoms with E-state index < -0.39 is 22.0 Å². The zero-order valence-corrected chi connectivity index (χ0v) is 13.7. The molecule has 2 rings (SSSR count). The molecule has 124 valence electrons. The Labute approximate surface area is 131 Å². The van der Waals surface area contributed by atoms with E-state index in [0.717, 1.165) is 0 Å². The Morgan fingerprint density at radius 1 is 1.09 bits per heavy atom. The number of hydrogen-bond acceptors (Lipinski definition) is 5. The summed E-state index contributed by atoms with van der Waals surface area (Å²) in [4.78, 5) is 0.297. The fraction of sp³-hybridized carbons (Fsp3) is 0.625. The summed E-state index contributed by atoms with van der Waals surface area (Å²) in [5.41, 5.74) is 0. The molecule has 0 bridgehead atoms. The van der Waals surface area contributed by atoms with Crippen molar-refractivity contribution in [3.8, 4) is 0 Å². The Balaban J connectivity index is 2.04. The van der Waals surface area contributed by atoms with Gasteiger partial charge in [-0.3, -0.25) is 0 Å². The quantitative estimate of drug-likeness (QED) is 0.850. The first-order chi connectivity index (χ1) is 10.4. The molecule has 1 aromatic carbocycles. The van der Waals surface area contributed by atoms with E-state index in [1.807, 2.05) is 13.8 Å². The van der Waals surface area contributed by atoms with Crippen LogP contribution in [0.5, 0.6) is 0 Å². The Bertz CT molecular complexity index is 569. The van der Waals surface area contributed by atoms with Crippen molar-refractivity contribution in [3.63, 3.8) is 0 Å². The molecular weight excluding hydrogens is 304 g/mol.